The molecule has 6 nitrogen and oxygen atoms in total. The highest BCUT2D eigenvalue weighted by atomic mass is 16.6. The minimum atomic E-state index is -0.726. The molecule has 0 aliphatic carbocycles. The van der Waals surface area contributed by atoms with E-state index in [1.165, 1.54) is 0 Å². The lowest BCUT2D eigenvalue weighted by molar-refractivity contribution is -0.125. The summed E-state index contributed by atoms with van der Waals surface area (Å²) in [6.45, 7) is 0.379. The zero-order valence-electron chi connectivity index (χ0n) is 12.1. The van der Waals surface area contributed by atoms with Crippen molar-refractivity contribution in [2.45, 2.75) is 12.7 Å². The Bertz CT molecular complexity index is 801. The van der Waals surface area contributed by atoms with Gasteiger partial charge in [0.1, 0.15) is 13.2 Å². The summed E-state index contributed by atoms with van der Waals surface area (Å²) in [6, 6.07) is 12.3. The van der Waals surface area contributed by atoms with Gasteiger partial charge in [0.25, 0.3) is 5.91 Å². The van der Waals surface area contributed by atoms with Crippen LogP contribution in [0.1, 0.15) is 15.9 Å². The molecular weight excluding hydrogens is 298 g/mol. The average molecular weight is 311 g/mol. The van der Waals surface area contributed by atoms with E-state index in [0.29, 0.717) is 22.7 Å². The summed E-state index contributed by atoms with van der Waals surface area (Å²) in [5.41, 5.74) is 1.89. The Balaban J connectivity index is 1.48. The number of cyclic esters (lactones) is 1. The fraction of sp³-hybridized carbons (Fsp3) is 0.176. The molecule has 116 valence electrons. The molecule has 0 saturated carbocycles. The first-order valence-corrected chi connectivity index (χ1v) is 7.20. The van der Waals surface area contributed by atoms with E-state index in [-0.39, 0.29) is 25.1 Å². The van der Waals surface area contributed by atoms with Crippen LogP contribution in [0, 0.1) is 0 Å². The van der Waals surface area contributed by atoms with Crippen molar-refractivity contribution < 1.29 is 23.8 Å². The molecule has 2 aromatic rings. The number of para-hydroxylation sites is 2. The van der Waals surface area contributed by atoms with E-state index in [4.69, 9.17) is 14.2 Å². The highest BCUT2D eigenvalue weighted by molar-refractivity contribution is 5.97. The van der Waals surface area contributed by atoms with Gasteiger partial charge >= 0.3 is 5.97 Å². The highest BCUT2D eigenvalue weighted by Gasteiger charge is 2.28. The molecular formula is C17H13NO5. The number of carbonyl (C=O) groups excluding carboxylic acids is 2. The first-order chi connectivity index (χ1) is 11.2. The summed E-state index contributed by atoms with van der Waals surface area (Å²) in [7, 11) is 0. The van der Waals surface area contributed by atoms with Crippen molar-refractivity contribution in [3.8, 4) is 11.5 Å². The average Bonchev–Trinajstić information content (AvgIpc) is 2.95. The van der Waals surface area contributed by atoms with Gasteiger partial charge in [-0.15, -0.1) is 0 Å². The molecule has 0 aromatic heterocycles. The van der Waals surface area contributed by atoms with Crippen molar-refractivity contribution >= 4 is 17.6 Å². The summed E-state index contributed by atoms with van der Waals surface area (Å²) < 4.78 is 16.1. The second kappa shape index (κ2) is 5.31. The molecule has 2 aromatic carbocycles. The number of amides is 1. The number of nitrogens with one attached hydrogen (secondary N) is 1. The van der Waals surface area contributed by atoms with Gasteiger partial charge < -0.3 is 19.5 Å². The smallest absolute Gasteiger partial charge is 0.338 e. The maximum Gasteiger partial charge on any atom is 0.338 e. The quantitative estimate of drug-likeness (QED) is 0.860. The van der Waals surface area contributed by atoms with Gasteiger partial charge in [-0.05, 0) is 30.3 Å². The Hall–Kier alpha value is -3.02. The molecule has 1 atom stereocenters. The zero-order chi connectivity index (χ0) is 15.8. The fourth-order valence-electron chi connectivity index (χ4n) is 2.58. The topological polar surface area (TPSA) is 73.9 Å². The van der Waals surface area contributed by atoms with E-state index < -0.39 is 6.10 Å². The normalized spacial score (nSPS) is 18.1. The van der Waals surface area contributed by atoms with Crippen LogP contribution in [0.5, 0.6) is 11.5 Å². The molecule has 1 unspecified atom stereocenters. The van der Waals surface area contributed by atoms with E-state index >= 15 is 0 Å². The summed E-state index contributed by atoms with van der Waals surface area (Å²) >= 11 is 0. The molecule has 6 heteroatoms. The third kappa shape index (κ3) is 2.48. The molecule has 2 aliphatic rings. The van der Waals surface area contributed by atoms with Gasteiger partial charge in [0, 0.05) is 11.3 Å². The molecule has 1 amide bonds. The fourth-order valence-corrected chi connectivity index (χ4v) is 2.58. The maximum atomic E-state index is 12.3. The summed E-state index contributed by atoms with van der Waals surface area (Å²) in [6.07, 6.45) is -0.726. The summed E-state index contributed by atoms with van der Waals surface area (Å²) in [5, 5.41) is 2.78. The highest BCUT2D eigenvalue weighted by Crippen LogP contribution is 2.31. The van der Waals surface area contributed by atoms with Crippen LogP contribution in [0.4, 0.5) is 5.69 Å². The lowest BCUT2D eigenvalue weighted by atomic mass is 10.1. The number of esters is 1. The molecule has 0 radical (unpaired) electrons. The molecule has 2 aliphatic heterocycles. The van der Waals surface area contributed by atoms with Gasteiger partial charge in [0.15, 0.2) is 11.5 Å². The number of hydrogen-bond donors (Lipinski definition) is 1. The predicted molar refractivity (Wildman–Crippen MR) is 80.5 cm³/mol. The summed E-state index contributed by atoms with van der Waals surface area (Å²) in [5.74, 6) is 0.541. The van der Waals surface area contributed by atoms with Crippen molar-refractivity contribution in [1.82, 2.24) is 0 Å². The molecule has 0 fully saturated rings. The van der Waals surface area contributed by atoms with Gasteiger partial charge in [-0.2, -0.15) is 0 Å². The zero-order valence-corrected chi connectivity index (χ0v) is 12.1. The van der Waals surface area contributed by atoms with E-state index in [9.17, 15) is 9.59 Å². The van der Waals surface area contributed by atoms with Crippen LogP contribution in [0.15, 0.2) is 42.5 Å². The van der Waals surface area contributed by atoms with Crippen molar-refractivity contribution in [1.29, 1.82) is 0 Å². The molecule has 1 N–H and O–H groups in total. The van der Waals surface area contributed by atoms with Crippen LogP contribution in [0.2, 0.25) is 0 Å². The minimum absolute atomic E-state index is 0.148. The van der Waals surface area contributed by atoms with Gasteiger partial charge in [-0.1, -0.05) is 12.1 Å². The standard InChI is InChI=1S/C17H13NO5/c19-16(15-9-21-13-3-1-2-4-14(13)23-15)18-11-5-6-12-10(7-11)8-22-17(12)20/h1-7,15H,8-9H2,(H,18,19). The predicted octanol–water partition coefficient (Wildman–Crippen LogP) is 2.14. The largest absolute Gasteiger partial charge is 0.485 e. The van der Waals surface area contributed by atoms with Crippen LogP contribution in [-0.4, -0.2) is 24.6 Å². The number of ether oxygens (including phenoxy) is 3. The number of anilines is 1. The number of carbonyl (C=O) groups is 2. The lowest BCUT2D eigenvalue weighted by Gasteiger charge is -2.25. The third-order valence-electron chi connectivity index (χ3n) is 3.75. The molecule has 0 bridgehead atoms. The number of hydrogen-bond acceptors (Lipinski definition) is 5. The van der Waals surface area contributed by atoms with Gasteiger partial charge in [-0.25, -0.2) is 4.79 Å². The molecule has 4 rings (SSSR count). The molecule has 0 spiro atoms. The Morgan fingerprint density at radius 2 is 1.91 bits per heavy atom. The van der Waals surface area contributed by atoms with E-state index in [2.05, 4.69) is 5.32 Å². The Morgan fingerprint density at radius 1 is 1.09 bits per heavy atom. The number of fused-ring (bicyclic) bond motifs is 2. The first-order valence-electron chi connectivity index (χ1n) is 7.20. The second-order valence-corrected chi connectivity index (χ2v) is 5.30. The molecule has 0 saturated heterocycles. The van der Waals surface area contributed by atoms with Crippen LogP contribution in [0.3, 0.4) is 0 Å². The van der Waals surface area contributed by atoms with Crippen molar-refractivity contribution in [2.24, 2.45) is 0 Å². The molecule has 2 heterocycles. The third-order valence-corrected chi connectivity index (χ3v) is 3.75. The van der Waals surface area contributed by atoms with Crippen LogP contribution < -0.4 is 14.8 Å². The van der Waals surface area contributed by atoms with E-state index in [1.54, 1.807) is 30.3 Å². The second-order valence-electron chi connectivity index (χ2n) is 5.30. The SMILES string of the molecule is O=C1OCc2cc(NC(=O)C3COc4ccccc4O3)ccc21. The van der Waals surface area contributed by atoms with Gasteiger partial charge in [-0.3, -0.25) is 4.79 Å². The first kappa shape index (κ1) is 13.6. The summed E-state index contributed by atoms with van der Waals surface area (Å²) in [4.78, 5) is 23.7. The molecule has 23 heavy (non-hydrogen) atoms. The van der Waals surface area contributed by atoms with Crippen LogP contribution >= 0.6 is 0 Å². The number of rotatable bonds is 2. The minimum Gasteiger partial charge on any atom is -0.485 e. The Morgan fingerprint density at radius 3 is 2.78 bits per heavy atom. The van der Waals surface area contributed by atoms with Crippen molar-refractivity contribution in [3.63, 3.8) is 0 Å². The number of benzene rings is 2. The van der Waals surface area contributed by atoms with Crippen LogP contribution in [-0.2, 0) is 16.1 Å². The van der Waals surface area contributed by atoms with Crippen molar-refractivity contribution in [2.75, 3.05) is 11.9 Å². The van der Waals surface area contributed by atoms with Gasteiger partial charge in [0.05, 0.1) is 5.56 Å². The Kier molecular flexibility index (Phi) is 3.15. The van der Waals surface area contributed by atoms with Crippen molar-refractivity contribution in [3.05, 3.63) is 53.6 Å². The monoisotopic (exact) mass is 311 g/mol. The lowest BCUT2D eigenvalue weighted by Crippen LogP contribution is -2.40. The Labute approximate surface area is 132 Å². The van der Waals surface area contributed by atoms with E-state index in [1.807, 2.05) is 12.1 Å². The maximum absolute atomic E-state index is 12.3. The van der Waals surface area contributed by atoms with E-state index in [0.717, 1.165) is 5.56 Å². The van der Waals surface area contributed by atoms with Gasteiger partial charge in [0.2, 0.25) is 6.10 Å². The van der Waals surface area contributed by atoms with Crippen LogP contribution in [0.25, 0.3) is 0 Å².